The van der Waals surface area contributed by atoms with Crippen LogP contribution in [0, 0.1) is 0 Å². The molecule has 0 aromatic heterocycles. The Hall–Kier alpha value is 0.177. The molecule has 0 bridgehead atoms. The number of unbranched alkanes of at least 4 members (excludes halogenated alkanes) is 2. The van der Waals surface area contributed by atoms with Gasteiger partial charge < -0.3 is 4.57 Å². The minimum absolute atomic E-state index is 1.03. The highest BCUT2D eigenvalue weighted by molar-refractivity contribution is 6.73. The maximum absolute atomic E-state index is 2.75. The lowest BCUT2D eigenvalue weighted by atomic mass is 10.3. The van der Waals surface area contributed by atoms with E-state index in [1.807, 2.05) is 0 Å². The predicted octanol–water partition coefficient (Wildman–Crippen LogP) is 3.72. The molecule has 0 N–H and O–H groups in total. The van der Waals surface area contributed by atoms with Gasteiger partial charge in [-0.2, -0.15) is 0 Å². The van der Waals surface area contributed by atoms with E-state index >= 15 is 0 Å². The van der Waals surface area contributed by atoms with Crippen molar-refractivity contribution in [2.24, 2.45) is 0 Å². The molecule has 0 atom stereocenters. The minimum Gasteiger partial charge on any atom is -0.324 e. The van der Waals surface area contributed by atoms with Crippen molar-refractivity contribution in [2.75, 3.05) is 13.1 Å². The standard InChI is InChI=1S/C11H27NSi/c1-6-8-10-12(11-9-7-2)13(3,4)5/h6-11H2,1-5H3. The summed E-state index contributed by atoms with van der Waals surface area (Å²) in [5.41, 5.74) is 0. The van der Waals surface area contributed by atoms with Crippen molar-refractivity contribution >= 4 is 8.24 Å². The Morgan fingerprint density at radius 1 is 0.846 bits per heavy atom. The van der Waals surface area contributed by atoms with Gasteiger partial charge in [-0.15, -0.1) is 0 Å². The third-order valence-corrected chi connectivity index (χ3v) is 4.86. The number of rotatable bonds is 7. The normalized spacial score (nSPS) is 12.5. The fourth-order valence-electron chi connectivity index (χ4n) is 1.48. The van der Waals surface area contributed by atoms with E-state index in [1.54, 1.807) is 0 Å². The van der Waals surface area contributed by atoms with E-state index in [0.29, 0.717) is 0 Å². The highest BCUT2D eigenvalue weighted by atomic mass is 28.3. The van der Waals surface area contributed by atoms with Gasteiger partial charge in [0.25, 0.3) is 0 Å². The Bertz CT molecular complexity index is 110. The maximum Gasteiger partial charge on any atom is 0.119 e. The first-order valence-electron chi connectivity index (χ1n) is 5.77. The van der Waals surface area contributed by atoms with Crippen LogP contribution in [0.3, 0.4) is 0 Å². The monoisotopic (exact) mass is 201 g/mol. The summed E-state index contributed by atoms with van der Waals surface area (Å²) in [4.78, 5) is 0. The third kappa shape index (κ3) is 6.27. The molecular formula is C11H27NSi. The van der Waals surface area contributed by atoms with Crippen molar-refractivity contribution in [3.8, 4) is 0 Å². The Balaban J connectivity index is 3.88. The zero-order chi connectivity index (χ0) is 10.3. The van der Waals surface area contributed by atoms with Crippen LogP contribution in [0.1, 0.15) is 39.5 Å². The largest absolute Gasteiger partial charge is 0.324 e. The zero-order valence-electron chi connectivity index (χ0n) is 10.2. The molecule has 13 heavy (non-hydrogen) atoms. The average molecular weight is 201 g/mol. The number of hydrogen-bond acceptors (Lipinski definition) is 1. The van der Waals surface area contributed by atoms with Gasteiger partial charge in [0.1, 0.15) is 8.24 Å². The second kappa shape index (κ2) is 6.60. The fraction of sp³-hybridized carbons (Fsp3) is 1.00. The lowest BCUT2D eigenvalue weighted by Crippen LogP contribution is -2.46. The second-order valence-corrected chi connectivity index (χ2v) is 9.84. The molecule has 0 rings (SSSR count). The predicted molar refractivity (Wildman–Crippen MR) is 64.7 cm³/mol. The molecule has 0 aromatic carbocycles. The zero-order valence-corrected chi connectivity index (χ0v) is 11.2. The summed E-state index contributed by atoms with van der Waals surface area (Å²) in [7, 11) is -1.03. The van der Waals surface area contributed by atoms with Crippen LogP contribution in [0.4, 0.5) is 0 Å². The molecule has 0 aliphatic rings. The molecule has 2 heteroatoms. The molecule has 0 heterocycles. The van der Waals surface area contributed by atoms with Gasteiger partial charge in [0, 0.05) is 0 Å². The first kappa shape index (κ1) is 13.2. The van der Waals surface area contributed by atoms with Gasteiger partial charge in [-0.25, -0.2) is 0 Å². The van der Waals surface area contributed by atoms with Gasteiger partial charge >= 0.3 is 0 Å². The first-order valence-corrected chi connectivity index (χ1v) is 9.22. The Morgan fingerprint density at radius 3 is 1.46 bits per heavy atom. The second-order valence-electron chi connectivity index (χ2n) is 4.86. The van der Waals surface area contributed by atoms with Gasteiger partial charge in [-0.1, -0.05) is 46.3 Å². The van der Waals surface area contributed by atoms with Crippen molar-refractivity contribution in [3.63, 3.8) is 0 Å². The highest BCUT2D eigenvalue weighted by Gasteiger charge is 2.21. The molecule has 0 aliphatic heterocycles. The Labute approximate surface area is 85.6 Å². The smallest absolute Gasteiger partial charge is 0.119 e. The molecule has 0 spiro atoms. The van der Waals surface area contributed by atoms with Crippen LogP contribution in [0.25, 0.3) is 0 Å². The molecule has 1 nitrogen and oxygen atoms in total. The van der Waals surface area contributed by atoms with Crippen LogP contribution in [0.15, 0.2) is 0 Å². The van der Waals surface area contributed by atoms with E-state index in [0.717, 1.165) is 0 Å². The lowest BCUT2D eigenvalue weighted by Gasteiger charge is -2.34. The summed E-state index contributed by atoms with van der Waals surface area (Å²) in [5.74, 6) is 0. The number of nitrogens with zero attached hydrogens (tertiary/aromatic N) is 1. The van der Waals surface area contributed by atoms with E-state index in [4.69, 9.17) is 0 Å². The van der Waals surface area contributed by atoms with Gasteiger partial charge in [-0.3, -0.25) is 0 Å². The van der Waals surface area contributed by atoms with Crippen molar-refractivity contribution < 1.29 is 0 Å². The number of hydrogen-bond donors (Lipinski definition) is 0. The summed E-state index contributed by atoms with van der Waals surface area (Å²) in [6.07, 6.45) is 5.39. The van der Waals surface area contributed by atoms with Gasteiger partial charge in [0.05, 0.1) is 0 Å². The average Bonchev–Trinajstić information content (AvgIpc) is 2.02. The van der Waals surface area contributed by atoms with Crippen molar-refractivity contribution in [1.82, 2.24) is 4.57 Å². The van der Waals surface area contributed by atoms with Gasteiger partial charge in [0.15, 0.2) is 0 Å². The molecule has 0 aromatic rings. The molecule has 0 fully saturated rings. The SMILES string of the molecule is CCCCN(CCCC)[Si](C)(C)C. The first-order chi connectivity index (χ1) is 6.02. The van der Waals surface area contributed by atoms with Crippen molar-refractivity contribution in [3.05, 3.63) is 0 Å². The summed E-state index contributed by atoms with van der Waals surface area (Å²) < 4.78 is 2.75. The van der Waals surface area contributed by atoms with Gasteiger partial charge in [0.2, 0.25) is 0 Å². The molecule has 0 radical (unpaired) electrons. The minimum atomic E-state index is -1.03. The van der Waals surface area contributed by atoms with E-state index in [9.17, 15) is 0 Å². The van der Waals surface area contributed by atoms with Crippen LogP contribution in [0.2, 0.25) is 19.6 Å². The summed E-state index contributed by atoms with van der Waals surface area (Å²) in [5, 5.41) is 0. The van der Waals surface area contributed by atoms with E-state index in [1.165, 1.54) is 38.8 Å². The highest BCUT2D eigenvalue weighted by Crippen LogP contribution is 2.11. The topological polar surface area (TPSA) is 3.24 Å². The lowest BCUT2D eigenvalue weighted by molar-refractivity contribution is 0.402. The molecule has 0 amide bonds. The van der Waals surface area contributed by atoms with E-state index in [-0.39, 0.29) is 0 Å². The molecule has 0 unspecified atom stereocenters. The molecule has 80 valence electrons. The van der Waals surface area contributed by atoms with Crippen LogP contribution >= 0.6 is 0 Å². The quantitative estimate of drug-likeness (QED) is 0.567. The fourth-order valence-corrected chi connectivity index (χ4v) is 3.14. The molecule has 0 saturated heterocycles. The summed E-state index contributed by atoms with van der Waals surface area (Å²) in [6.45, 7) is 14.6. The van der Waals surface area contributed by atoms with Crippen molar-refractivity contribution in [1.29, 1.82) is 0 Å². The molecule has 0 saturated carbocycles. The maximum atomic E-state index is 2.75. The molecule has 0 aliphatic carbocycles. The summed E-state index contributed by atoms with van der Waals surface area (Å²) >= 11 is 0. The van der Waals surface area contributed by atoms with E-state index in [2.05, 4.69) is 38.1 Å². The van der Waals surface area contributed by atoms with Crippen LogP contribution in [-0.4, -0.2) is 25.9 Å². The molecular weight excluding hydrogens is 174 g/mol. The van der Waals surface area contributed by atoms with Gasteiger partial charge in [-0.05, 0) is 25.9 Å². The van der Waals surface area contributed by atoms with E-state index < -0.39 is 8.24 Å². The third-order valence-electron chi connectivity index (χ3n) is 2.51. The Morgan fingerprint density at radius 2 is 1.23 bits per heavy atom. The summed E-state index contributed by atoms with van der Waals surface area (Å²) in [6, 6.07) is 0. The van der Waals surface area contributed by atoms with Crippen LogP contribution < -0.4 is 0 Å². The Kier molecular flexibility index (Phi) is 6.69. The van der Waals surface area contributed by atoms with Crippen LogP contribution in [0.5, 0.6) is 0 Å². The van der Waals surface area contributed by atoms with Crippen molar-refractivity contribution in [2.45, 2.75) is 59.2 Å². The van der Waals surface area contributed by atoms with Crippen LogP contribution in [-0.2, 0) is 0 Å².